The molecule has 0 radical (unpaired) electrons. The fourth-order valence-corrected chi connectivity index (χ4v) is 4.42. The van der Waals surface area contributed by atoms with E-state index in [4.69, 9.17) is 0 Å². The lowest BCUT2D eigenvalue weighted by Gasteiger charge is -2.13. The Morgan fingerprint density at radius 2 is 1.59 bits per heavy atom. The summed E-state index contributed by atoms with van der Waals surface area (Å²) >= 11 is 1.61. The molecule has 2 heterocycles. The maximum atomic E-state index is 13.4. The van der Waals surface area contributed by atoms with Gasteiger partial charge in [0.15, 0.2) is 5.16 Å². The summed E-state index contributed by atoms with van der Waals surface area (Å²) in [5, 5.41) is 10.3. The number of hydrogen-bond acceptors (Lipinski definition) is 4. The van der Waals surface area contributed by atoms with Gasteiger partial charge in [-0.05, 0) is 36.2 Å². The van der Waals surface area contributed by atoms with E-state index in [0.29, 0.717) is 11.2 Å². The number of benzene rings is 3. The van der Waals surface area contributed by atoms with E-state index < -0.39 is 0 Å². The molecule has 5 rings (SSSR count). The Morgan fingerprint density at radius 3 is 2.41 bits per heavy atom. The van der Waals surface area contributed by atoms with Crippen LogP contribution in [0.15, 0.2) is 88.8 Å². The molecular weight excluding hydrogens is 380 g/mol. The first-order valence-corrected chi connectivity index (χ1v) is 10.3. The quantitative estimate of drug-likeness (QED) is 0.414. The number of fused-ring (bicyclic) bond motifs is 3. The van der Waals surface area contributed by atoms with Crippen LogP contribution in [0.1, 0.15) is 11.1 Å². The second kappa shape index (κ2) is 7.22. The van der Waals surface area contributed by atoms with Gasteiger partial charge in [-0.15, -0.1) is 10.2 Å². The predicted octanol–water partition coefficient (Wildman–Crippen LogP) is 4.63. The topological polar surface area (TPSA) is 52.2 Å². The number of hydrogen-bond donors (Lipinski definition) is 0. The molecule has 3 aromatic carbocycles. The zero-order valence-corrected chi connectivity index (χ0v) is 16.6. The van der Waals surface area contributed by atoms with Gasteiger partial charge in [0.2, 0.25) is 5.78 Å². The highest BCUT2D eigenvalue weighted by Gasteiger charge is 2.18. The lowest BCUT2D eigenvalue weighted by Crippen LogP contribution is -2.22. The first-order valence-electron chi connectivity index (χ1n) is 9.35. The van der Waals surface area contributed by atoms with Gasteiger partial charge in [0.05, 0.1) is 16.6 Å². The molecule has 0 saturated carbocycles. The number of thioether (sulfide) groups is 1. The summed E-state index contributed by atoms with van der Waals surface area (Å²) in [6.07, 6.45) is 0. The molecule has 0 atom stereocenters. The van der Waals surface area contributed by atoms with Crippen LogP contribution in [0.3, 0.4) is 0 Å². The van der Waals surface area contributed by atoms with E-state index in [9.17, 15) is 4.79 Å². The van der Waals surface area contributed by atoms with Crippen LogP contribution in [0.2, 0.25) is 0 Å². The van der Waals surface area contributed by atoms with Gasteiger partial charge >= 0.3 is 0 Å². The molecule has 0 bridgehead atoms. The minimum atomic E-state index is -0.0885. The van der Waals surface area contributed by atoms with E-state index in [2.05, 4.69) is 22.3 Å². The van der Waals surface area contributed by atoms with Gasteiger partial charge in [-0.1, -0.05) is 72.4 Å². The highest BCUT2D eigenvalue weighted by atomic mass is 32.2. The van der Waals surface area contributed by atoms with Crippen molar-refractivity contribution in [1.82, 2.24) is 19.2 Å². The Bertz CT molecular complexity index is 1390. The Balaban J connectivity index is 1.76. The molecule has 0 aliphatic carbocycles. The van der Waals surface area contributed by atoms with E-state index >= 15 is 0 Å². The summed E-state index contributed by atoms with van der Waals surface area (Å²) in [5.74, 6) is 1.30. The molecule has 0 fully saturated rings. The third-order valence-corrected chi connectivity index (χ3v) is 5.96. The van der Waals surface area contributed by atoms with E-state index in [1.54, 1.807) is 16.3 Å². The zero-order chi connectivity index (χ0) is 19.8. The lowest BCUT2D eigenvalue weighted by molar-refractivity contribution is 0.928. The van der Waals surface area contributed by atoms with Crippen LogP contribution in [-0.2, 0) is 5.75 Å². The summed E-state index contributed by atoms with van der Waals surface area (Å²) in [5.41, 5.74) is 3.77. The average Bonchev–Trinajstić information content (AvgIpc) is 3.18. The third kappa shape index (κ3) is 3.02. The monoisotopic (exact) mass is 398 g/mol. The van der Waals surface area contributed by atoms with Gasteiger partial charge in [0, 0.05) is 5.75 Å². The van der Waals surface area contributed by atoms with Crippen molar-refractivity contribution in [1.29, 1.82) is 0 Å². The van der Waals surface area contributed by atoms with E-state index in [0.717, 1.165) is 27.7 Å². The molecule has 0 unspecified atom stereocenters. The molecule has 0 spiro atoms. The summed E-state index contributed by atoms with van der Waals surface area (Å²) in [6, 6.07) is 25.7. The molecule has 0 N–H and O–H groups in total. The maximum absolute atomic E-state index is 13.4. The highest BCUT2D eigenvalue weighted by molar-refractivity contribution is 7.98. The fourth-order valence-electron chi connectivity index (χ4n) is 3.53. The fraction of sp³-hybridized carbons (Fsp3) is 0.0870. The van der Waals surface area contributed by atoms with Crippen molar-refractivity contribution in [2.24, 2.45) is 0 Å². The minimum Gasteiger partial charge on any atom is -0.268 e. The Labute approximate surface area is 171 Å². The molecular formula is C23H18N4OS. The predicted molar refractivity (Wildman–Crippen MR) is 117 cm³/mol. The molecule has 0 aliphatic heterocycles. The molecule has 0 amide bonds. The van der Waals surface area contributed by atoms with Crippen molar-refractivity contribution in [3.05, 3.63) is 100 Å². The molecule has 0 aliphatic rings. The largest absolute Gasteiger partial charge is 0.268 e. The van der Waals surface area contributed by atoms with Gasteiger partial charge in [-0.25, -0.2) is 4.57 Å². The Hall–Kier alpha value is -3.38. The van der Waals surface area contributed by atoms with Crippen molar-refractivity contribution in [3.8, 4) is 5.69 Å². The van der Waals surface area contributed by atoms with Gasteiger partial charge < -0.3 is 0 Å². The standard InChI is InChI=1S/C23H18N4OS/c1-16-9-5-7-13-19(16)26-21(28)18-12-6-8-14-20(18)27-22(26)24-25-23(27)29-15-17-10-3-2-4-11-17/h2-14H,15H2,1H3. The third-order valence-electron chi connectivity index (χ3n) is 4.96. The second-order valence-corrected chi connectivity index (χ2v) is 7.78. The molecule has 5 nitrogen and oxygen atoms in total. The molecule has 0 saturated heterocycles. The number of para-hydroxylation sites is 2. The molecule has 142 valence electrons. The number of aromatic nitrogens is 4. The van der Waals surface area contributed by atoms with Crippen LogP contribution < -0.4 is 5.56 Å². The van der Waals surface area contributed by atoms with Crippen LogP contribution >= 0.6 is 11.8 Å². The molecule has 5 aromatic rings. The summed E-state index contributed by atoms with van der Waals surface area (Å²) in [4.78, 5) is 13.4. The first-order chi connectivity index (χ1) is 14.2. The van der Waals surface area contributed by atoms with Crippen molar-refractivity contribution >= 4 is 28.4 Å². The van der Waals surface area contributed by atoms with Crippen LogP contribution in [0, 0.1) is 6.92 Å². The van der Waals surface area contributed by atoms with Crippen molar-refractivity contribution < 1.29 is 0 Å². The summed E-state index contributed by atoms with van der Waals surface area (Å²) < 4.78 is 3.65. The number of aryl methyl sites for hydroxylation is 1. The first kappa shape index (κ1) is 17.7. The highest BCUT2D eigenvalue weighted by Crippen LogP contribution is 2.26. The molecule has 6 heteroatoms. The summed E-state index contributed by atoms with van der Waals surface area (Å²) in [6.45, 7) is 1.99. The SMILES string of the molecule is Cc1ccccc1-n1c(=O)c2ccccc2n2c(SCc3ccccc3)nnc12. The maximum Gasteiger partial charge on any atom is 0.267 e. The minimum absolute atomic E-state index is 0.0885. The van der Waals surface area contributed by atoms with E-state index in [1.807, 2.05) is 78.1 Å². The van der Waals surface area contributed by atoms with Gasteiger partial charge in [-0.3, -0.25) is 9.20 Å². The van der Waals surface area contributed by atoms with Gasteiger partial charge in [-0.2, -0.15) is 0 Å². The van der Waals surface area contributed by atoms with Crippen LogP contribution in [-0.4, -0.2) is 19.2 Å². The van der Waals surface area contributed by atoms with Crippen LogP contribution in [0.4, 0.5) is 0 Å². The Morgan fingerprint density at radius 1 is 0.862 bits per heavy atom. The molecule has 2 aromatic heterocycles. The smallest absolute Gasteiger partial charge is 0.267 e. The van der Waals surface area contributed by atoms with Crippen LogP contribution in [0.25, 0.3) is 22.4 Å². The van der Waals surface area contributed by atoms with Crippen LogP contribution in [0.5, 0.6) is 0 Å². The van der Waals surface area contributed by atoms with Crippen molar-refractivity contribution in [2.45, 2.75) is 17.8 Å². The number of nitrogens with zero attached hydrogens (tertiary/aromatic N) is 4. The Kier molecular flexibility index (Phi) is 4.41. The van der Waals surface area contributed by atoms with E-state index in [1.165, 1.54) is 5.56 Å². The summed E-state index contributed by atoms with van der Waals surface area (Å²) in [7, 11) is 0. The van der Waals surface area contributed by atoms with Crippen molar-refractivity contribution in [3.63, 3.8) is 0 Å². The normalized spacial score (nSPS) is 11.3. The van der Waals surface area contributed by atoms with Crippen molar-refractivity contribution in [2.75, 3.05) is 0 Å². The van der Waals surface area contributed by atoms with E-state index in [-0.39, 0.29) is 5.56 Å². The van der Waals surface area contributed by atoms with Gasteiger partial charge in [0.1, 0.15) is 0 Å². The zero-order valence-electron chi connectivity index (χ0n) is 15.8. The molecule has 29 heavy (non-hydrogen) atoms. The number of rotatable bonds is 4. The van der Waals surface area contributed by atoms with Gasteiger partial charge in [0.25, 0.3) is 5.56 Å². The second-order valence-electron chi connectivity index (χ2n) is 6.84. The average molecular weight is 398 g/mol. The lowest BCUT2D eigenvalue weighted by atomic mass is 10.2.